The molecule has 2 bridgehead atoms. The molecule has 6 nitrogen and oxygen atoms in total. The maximum Gasteiger partial charge on any atom is 0.218 e. The van der Waals surface area contributed by atoms with Crippen molar-refractivity contribution in [1.29, 1.82) is 0 Å². The summed E-state index contributed by atoms with van der Waals surface area (Å²) in [6.45, 7) is 2.37. The molecular weight excluding hydrogens is 391 g/mol. The fourth-order valence-electron chi connectivity index (χ4n) is 4.94. The summed E-state index contributed by atoms with van der Waals surface area (Å²) in [4.78, 5) is 11.1. The highest BCUT2D eigenvalue weighted by Gasteiger charge is 2.43. The average molecular weight is 419 g/mol. The van der Waals surface area contributed by atoms with E-state index in [2.05, 4.69) is 21.7 Å². The van der Waals surface area contributed by atoms with Gasteiger partial charge in [-0.05, 0) is 56.1 Å². The zero-order chi connectivity index (χ0) is 20.4. The first kappa shape index (κ1) is 20.2. The smallest absolute Gasteiger partial charge is 0.218 e. The van der Waals surface area contributed by atoms with Gasteiger partial charge in [0.15, 0.2) is 22.5 Å². The van der Waals surface area contributed by atoms with Gasteiger partial charge < -0.3 is 10.5 Å². The molecular formula is C21H27FN4O2S. The molecule has 2 aromatic rings. The molecule has 1 aromatic heterocycles. The number of nitrogens with two attached hydrogens (primary N) is 1. The van der Waals surface area contributed by atoms with Crippen LogP contribution < -0.4 is 10.5 Å². The quantitative estimate of drug-likeness (QED) is 0.623. The number of aromatic nitrogens is 3. The normalized spacial score (nSPS) is 24.0. The lowest BCUT2D eigenvalue weighted by atomic mass is 9.84. The van der Waals surface area contributed by atoms with Gasteiger partial charge in [-0.3, -0.25) is 9.36 Å². The van der Waals surface area contributed by atoms with Crippen LogP contribution in [0.1, 0.15) is 50.9 Å². The van der Waals surface area contributed by atoms with Gasteiger partial charge in [-0.1, -0.05) is 30.3 Å². The fraction of sp³-hybridized carbons (Fsp3) is 0.571. The molecule has 1 aromatic carbocycles. The van der Waals surface area contributed by atoms with E-state index in [9.17, 15) is 9.18 Å². The maximum absolute atomic E-state index is 13.9. The zero-order valence-electron chi connectivity index (χ0n) is 16.6. The number of para-hydroxylation sites is 1. The van der Waals surface area contributed by atoms with Gasteiger partial charge in [0.25, 0.3) is 0 Å². The van der Waals surface area contributed by atoms with Crippen molar-refractivity contribution >= 4 is 17.7 Å². The molecule has 156 valence electrons. The first-order valence-corrected chi connectivity index (χ1v) is 11.2. The van der Waals surface area contributed by atoms with Gasteiger partial charge in [-0.25, -0.2) is 4.39 Å². The number of carbonyl (C=O) groups is 1. The van der Waals surface area contributed by atoms with Gasteiger partial charge in [-0.2, -0.15) is 0 Å². The van der Waals surface area contributed by atoms with Crippen LogP contribution in [0.5, 0.6) is 5.75 Å². The Morgan fingerprint density at radius 2 is 2.17 bits per heavy atom. The zero-order valence-corrected chi connectivity index (χ0v) is 17.4. The molecule has 4 rings (SSSR count). The summed E-state index contributed by atoms with van der Waals surface area (Å²) in [6, 6.07) is 6.60. The Labute approximate surface area is 174 Å². The van der Waals surface area contributed by atoms with E-state index in [-0.39, 0.29) is 24.3 Å². The predicted octanol–water partition coefficient (Wildman–Crippen LogP) is 3.96. The van der Waals surface area contributed by atoms with E-state index in [1.807, 2.05) is 0 Å². The highest BCUT2D eigenvalue weighted by Crippen LogP contribution is 2.52. The molecule has 0 saturated heterocycles. The fourth-order valence-corrected chi connectivity index (χ4v) is 5.93. The minimum atomic E-state index is -0.393. The molecule has 2 N–H and O–H groups in total. The summed E-state index contributed by atoms with van der Waals surface area (Å²) >= 11 is 1.49. The van der Waals surface area contributed by atoms with Crippen LogP contribution in [-0.4, -0.2) is 26.4 Å². The lowest BCUT2D eigenvalue weighted by Gasteiger charge is -2.30. The number of benzene rings is 1. The number of amides is 1. The number of carbonyl (C=O) groups excluding carboxylic acids is 1. The number of thioether (sulfide) groups is 1. The van der Waals surface area contributed by atoms with Crippen LogP contribution in [0, 0.1) is 23.6 Å². The molecule has 29 heavy (non-hydrogen) atoms. The molecule has 1 amide bonds. The van der Waals surface area contributed by atoms with Crippen LogP contribution in [0.15, 0.2) is 29.4 Å². The van der Waals surface area contributed by atoms with Gasteiger partial charge in [0.2, 0.25) is 5.91 Å². The number of fused-ring (bicyclic) bond motifs is 2. The number of hydrogen-bond donors (Lipinski definition) is 1. The third-order valence-electron chi connectivity index (χ3n) is 6.33. The molecule has 2 saturated carbocycles. The van der Waals surface area contributed by atoms with Crippen LogP contribution in [0.4, 0.5) is 4.39 Å². The van der Waals surface area contributed by atoms with Crippen molar-refractivity contribution in [2.75, 3.05) is 5.75 Å². The summed E-state index contributed by atoms with van der Waals surface area (Å²) in [7, 11) is 0. The molecule has 8 heteroatoms. The second-order valence-electron chi connectivity index (χ2n) is 8.13. The highest BCUT2D eigenvalue weighted by molar-refractivity contribution is 7.99. The Morgan fingerprint density at radius 1 is 1.34 bits per heavy atom. The number of primary amides is 1. The monoisotopic (exact) mass is 418 g/mol. The van der Waals surface area contributed by atoms with Crippen LogP contribution in [-0.2, 0) is 11.4 Å². The summed E-state index contributed by atoms with van der Waals surface area (Å²) in [5.41, 5.74) is 5.28. The SMILES string of the molecule is C[C@@H]([C@@H]1C[C@H]2CC[C@H]1C2)n1c(COc2ccccc2F)nnc1SCCC(N)=O. The Morgan fingerprint density at radius 3 is 2.86 bits per heavy atom. The number of halogens is 1. The summed E-state index contributed by atoms with van der Waals surface area (Å²) in [6.07, 6.45) is 5.50. The molecule has 2 fully saturated rings. The Hall–Kier alpha value is -2.09. The van der Waals surface area contributed by atoms with Crippen LogP contribution in [0.2, 0.25) is 0 Å². The third kappa shape index (κ3) is 4.42. The van der Waals surface area contributed by atoms with Crippen molar-refractivity contribution in [3.63, 3.8) is 0 Å². The van der Waals surface area contributed by atoms with Gasteiger partial charge in [0, 0.05) is 18.2 Å². The van der Waals surface area contributed by atoms with Crippen molar-refractivity contribution in [3.05, 3.63) is 35.9 Å². The van der Waals surface area contributed by atoms with Gasteiger partial charge >= 0.3 is 0 Å². The second kappa shape index (κ2) is 8.73. The molecule has 0 radical (unpaired) electrons. The minimum absolute atomic E-state index is 0.148. The van der Waals surface area contributed by atoms with Crippen LogP contribution >= 0.6 is 11.8 Å². The maximum atomic E-state index is 13.9. The van der Waals surface area contributed by atoms with E-state index >= 15 is 0 Å². The van der Waals surface area contributed by atoms with E-state index in [1.165, 1.54) is 43.5 Å². The van der Waals surface area contributed by atoms with Gasteiger partial charge in [-0.15, -0.1) is 10.2 Å². The molecule has 2 aliphatic carbocycles. The Kier molecular flexibility index (Phi) is 6.08. The topological polar surface area (TPSA) is 83.0 Å². The largest absolute Gasteiger partial charge is 0.483 e. The molecule has 1 heterocycles. The first-order valence-electron chi connectivity index (χ1n) is 10.2. The molecule has 2 aliphatic rings. The predicted molar refractivity (Wildman–Crippen MR) is 109 cm³/mol. The van der Waals surface area contributed by atoms with E-state index in [0.29, 0.717) is 23.9 Å². The Bertz CT molecular complexity index is 874. The van der Waals surface area contributed by atoms with Crippen molar-refractivity contribution in [2.24, 2.45) is 23.5 Å². The second-order valence-corrected chi connectivity index (χ2v) is 9.19. The standard InChI is InChI=1S/C21H27FN4O2S/c1-13(16-11-14-6-7-15(16)10-14)26-20(12-28-18-5-3-2-4-17(18)22)24-25-21(26)29-9-8-19(23)27/h2-5,13-16H,6-12H2,1H3,(H2,23,27)/t13-,14-,15-,16-/m0/s1. The highest BCUT2D eigenvalue weighted by atomic mass is 32.2. The van der Waals surface area contributed by atoms with Crippen LogP contribution in [0.3, 0.4) is 0 Å². The average Bonchev–Trinajstić information content (AvgIpc) is 3.42. The van der Waals surface area contributed by atoms with E-state index in [1.54, 1.807) is 18.2 Å². The van der Waals surface area contributed by atoms with Crippen molar-refractivity contribution < 1.29 is 13.9 Å². The molecule has 4 atom stereocenters. The van der Waals surface area contributed by atoms with Crippen molar-refractivity contribution in [3.8, 4) is 5.75 Å². The van der Waals surface area contributed by atoms with Crippen LogP contribution in [0.25, 0.3) is 0 Å². The molecule has 0 aliphatic heterocycles. The number of rotatable bonds is 9. The summed E-state index contributed by atoms with van der Waals surface area (Å²) in [5.74, 6) is 2.92. The number of hydrogen-bond acceptors (Lipinski definition) is 5. The minimum Gasteiger partial charge on any atom is -0.483 e. The molecule has 0 spiro atoms. The van der Waals surface area contributed by atoms with Gasteiger partial charge in [0.1, 0.15) is 6.61 Å². The van der Waals surface area contributed by atoms with Crippen molar-refractivity contribution in [2.45, 2.75) is 56.8 Å². The summed E-state index contributed by atoms with van der Waals surface area (Å²) < 4.78 is 21.8. The van der Waals surface area contributed by atoms with Crippen molar-refractivity contribution in [1.82, 2.24) is 14.8 Å². The van der Waals surface area contributed by atoms with E-state index in [4.69, 9.17) is 10.5 Å². The summed E-state index contributed by atoms with van der Waals surface area (Å²) in [5, 5.41) is 9.47. The lowest BCUT2D eigenvalue weighted by molar-refractivity contribution is -0.117. The lowest BCUT2D eigenvalue weighted by Crippen LogP contribution is -2.24. The third-order valence-corrected chi connectivity index (χ3v) is 7.27. The van der Waals surface area contributed by atoms with E-state index < -0.39 is 5.82 Å². The first-order chi connectivity index (χ1) is 14.0. The van der Waals surface area contributed by atoms with E-state index in [0.717, 1.165) is 17.0 Å². The molecule has 0 unspecified atom stereocenters. The number of ether oxygens (including phenoxy) is 1. The number of nitrogens with zero attached hydrogens (tertiary/aromatic N) is 3. The Balaban J connectivity index is 1.54. The van der Waals surface area contributed by atoms with Gasteiger partial charge in [0.05, 0.1) is 0 Å².